The maximum absolute atomic E-state index is 6.49. The topological polar surface area (TPSA) is 70.9 Å². The molecule has 2 aromatic heterocycles. The van der Waals surface area contributed by atoms with Crippen LogP contribution in [-0.4, -0.2) is 26.0 Å². The molecule has 4 rings (SSSR count). The van der Waals surface area contributed by atoms with Gasteiger partial charge in [-0.25, -0.2) is 15.1 Å². The zero-order valence-electron chi connectivity index (χ0n) is 14.4. The zero-order chi connectivity index (χ0) is 18.8. The fourth-order valence-electron chi connectivity index (χ4n) is 2.75. The van der Waals surface area contributed by atoms with Crippen molar-refractivity contribution in [3.63, 3.8) is 0 Å². The normalized spacial score (nSPS) is 11.5. The summed E-state index contributed by atoms with van der Waals surface area (Å²) in [5.41, 5.74) is 7.33. The summed E-state index contributed by atoms with van der Waals surface area (Å²) in [7, 11) is 0. The molecular weight excluding hydrogens is 383 g/mol. The third-order valence-corrected chi connectivity index (χ3v) is 4.76. The molecule has 0 saturated heterocycles. The van der Waals surface area contributed by atoms with Crippen LogP contribution < -0.4 is 5.43 Å². The molecule has 0 amide bonds. The van der Waals surface area contributed by atoms with Crippen LogP contribution in [0.4, 0.5) is 5.95 Å². The molecule has 0 saturated carbocycles. The molecule has 2 heterocycles. The predicted molar refractivity (Wildman–Crippen MR) is 110 cm³/mol. The monoisotopic (exact) mass is 398 g/mol. The number of anilines is 1. The third-order valence-electron chi connectivity index (χ3n) is 4.11. The number of hydrogen-bond donors (Lipinski definition) is 2. The van der Waals surface area contributed by atoms with E-state index in [0.29, 0.717) is 22.7 Å². The Morgan fingerprint density at radius 1 is 1.15 bits per heavy atom. The molecule has 0 radical (unpaired) electrons. The smallest absolute Gasteiger partial charge is 0.222 e. The quantitative estimate of drug-likeness (QED) is 0.372. The number of aromatic nitrogens is 4. The summed E-state index contributed by atoms with van der Waals surface area (Å²) in [6.45, 7) is 2.45. The van der Waals surface area contributed by atoms with Crippen molar-refractivity contribution in [1.29, 1.82) is 0 Å². The maximum Gasteiger partial charge on any atom is 0.222 e. The van der Waals surface area contributed by atoms with Crippen LogP contribution >= 0.6 is 23.2 Å². The number of hydrogen-bond acceptors (Lipinski definition) is 4. The Balaban J connectivity index is 1.50. The Kier molecular flexibility index (Phi) is 4.83. The van der Waals surface area contributed by atoms with Crippen LogP contribution in [0.15, 0.2) is 53.6 Å². The minimum absolute atomic E-state index is 0.526. The molecule has 4 aromatic rings. The molecule has 136 valence electrons. The van der Waals surface area contributed by atoms with Crippen LogP contribution in [0.2, 0.25) is 10.2 Å². The van der Waals surface area contributed by atoms with Crippen LogP contribution in [0.1, 0.15) is 16.8 Å². The minimum atomic E-state index is 0.526. The molecular formula is C19H16Cl2N6. The molecule has 0 aliphatic rings. The summed E-state index contributed by atoms with van der Waals surface area (Å²) in [5, 5.41) is 9.96. The van der Waals surface area contributed by atoms with Gasteiger partial charge < -0.3 is 4.98 Å². The Bertz CT molecular complexity index is 1080. The van der Waals surface area contributed by atoms with E-state index in [4.69, 9.17) is 23.2 Å². The first kappa shape index (κ1) is 17.6. The number of benzene rings is 2. The molecule has 0 bridgehead atoms. The van der Waals surface area contributed by atoms with Gasteiger partial charge in [-0.1, -0.05) is 47.5 Å². The summed E-state index contributed by atoms with van der Waals surface area (Å²) in [6, 6.07) is 15.4. The molecule has 27 heavy (non-hydrogen) atoms. The highest BCUT2D eigenvalue weighted by Crippen LogP contribution is 2.20. The van der Waals surface area contributed by atoms with Crippen molar-refractivity contribution in [2.75, 3.05) is 5.43 Å². The summed E-state index contributed by atoms with van der Waals surface area (Å²) < 4.78 is 1.74. The van der Waals surface area contributed by atoms with Crippen LogP contribution in [-0.2, 0) is 6.54 Å². The van der Waals surface area contributed by atoms with E-state index in [0.717, 1.165) is 27.9 Å². The average Bonchev–Trinajstić information content (AvgIpc) is 3.19. The largest absolute Gasteiger partial charge is 0.323 e. The van der Waals surface area contributed by atoms with Crippen molar-refractivity contribution in [2.24, 2.45) is 5.10 Å². The molecule has 0 atom stereocenters. The van der Waals surface area contributed by atoms with Gasteiger partial charge in [-0.05, 0) is 36.8 Å². The standard InChI is InChI=1S/C19H16Cl2N6/c1-12-15(10-22-25-19-23-16-4-2-3-5-17(16)24-19)18(21)27(26-12)11-13-6-8-14(20)9-7-13/h2-10H,11H2,1H3,(H2,23,24,25)/b22-10+. The highest BCUT2D eigenvalue weighted by atomic mass is 35.5. The molecule has 0 unspecified atom stereocenters. The van der Waals surface area contributed by atoms with Gasteiger partial charge in [0.1, 0.15) is 5.15 Å². The molecule has 0 aliphatic heterocycles. The summed E-state index contributed by atoms with van der Waals surface area (Å²) >= 11 is 12.4. The second kappa shape index (κ2) is 7.42. The summed E-state index contributed by atoms with van der Waals surface area (Å²) in [4.78, 5) is 7.56. The number of aryl methyl sites for hydroxylation is 1. The van der Waals surface area contributed by atoms with Gasteiger partial charge in [-0.3, -0.25) is 0 Å². The predicted octanol–water partition coefficient (Wildman–Crippen LogP) is 4.87. The van der Waals surface area contributed by atoms with Crippen LogP contribution in [0, 0.1) is 6.92 Å². The van der Waals surface area contributed by atoms with Crippen molar-refractivity contribution < 1.29 is 0 Å². The van der Waals surface area contributed by atoms with Gasteiger partial charge in [0.05, 0.1) is 35.1 Å². The first-order valence-corrected chi connectivity index (χ1v) is 9.07. The first-order chi connectivity index (χ1) is 13.1. The molecule has 8 heteroatoms. The van der Waals surface area contributed by atoms with E-state index in [2.05, 4.69) is 25.6 Å². The van der Waals surface area contributed by atoms with Crippen LogP contribution in [0.5, 0.6) is 0 Å². The van der Waals surface area contributed by atoms with Crippen molar-refractivity contribution in [2.45, 2.75) is 13.5 Å². The number of para-hydroxylation sites is 2. The fraction of sp³-hybridized carbons (Fsp3) is 0.105. The second-order valence-electron chi connectivity index (χ2n) is 6.05. The maximum atomic E-state index is 6.49. The van der Waals surface area contributed by atoms with Crippen LogP contribution in [0.3, 0.4) is 0 Å². The zero-order valence-corrected chi connectivity index (χ0v) is 16.0. The molecule has 2 N–H and O–H groups in total. The van der Waals surface area contributed by atoms with Crippen molar-refractivity contribution >= 4 is 46.4 Å². The van der Waals surface area contributed by atoms with E-state index in [-0.39, 0.29) is 0 Å². The van der Waals surface area contributed by atoms with E-state index in [1.54, 1.807) is 10.9 Å². The van der Waals surface area contributed by atoms with E-state index in [9.17, 15) is 0 Å². The summed E-state index contributed by atoms with van der Waals surface area (Å²) in [5.74, 6) is 0.565. The number of rotatable bonds is 5. The van der Waals surface area contributed by atoms with Crippen molar-refractivity contribution in [1.82, 2.24) is 19.7 Å². The van der Waals surface area contributed by atoms with Gasteiger partial charge in [0.15, 0.2) is 0 Å². The van der Waals surface area contributed by atoms with Crippen molar-refractivity contribution in [3.8, 4) is 0 Å². The van der Waals surface area contributed by atoms with E-state index in [1.165, 1.54) is 0 Å². The van der Waals surface area contributed by atoms with Gasteiger partial charge >= 0.3 is 0 Å². The Hall–Kier alpha value is -2.83. The molecule has 0 spiro atoms. The molecule has 0 fully saturated rings. The van der Waals surface area contributed by atoms with E-state index in [1.807, 2.05) is 55.5 Å². The molecule has 2 aromatic carbocycles. The Morgan fingerprint density at radius 3 is 2.70 bits per heavy atom. The number of H-pyrrole nitrogens is 1. The van der Waals surface area contributed by atoms with E-state index >= 15 is 0 Å². The highest BCUT2D eigenvalue weighted by Gasteiger charge is 2.12. The average molecular weight is 399 g/mol. The number of aromatic amines is 1. The Labute approximate surface area is 165 Å². The Morgan fingerprint density at radius 2 is 1.93 bits per heavy atom. The van der Waals surface area contributed by atoms with Gasteiger partial charge in [0, 0.05) is 5.02 Å². The lowest BCUT2D eigenvalue weighted by Gasteiger charge is -2.03. The third kappa shape index (κ3) is 3.82. The van der Waals surface area contributed by atoms with Crippen molar-refractivity contribution in [3.05, 3.63) is 75.5 Å². The van der Waals surface area contributed by atoms with Gasteiger partial charge in [0.25, 0.3) is 0 Å². The fourth-order valence-corrected chi connectivity index (χ4v) is 3.15. The number of hydrazone groups is 1. The number of nitrogens with zero attached hydrogens (tertiary/aromatic N) is 4. The lowest BCUT2D eigenvalue weighted by molar-refractivity contribution is 0.680. The lowest BCUT2D eigenvalue weighted by atomic mass is 10.2. The van der Waals surface area contributed by atoms with Gasteiger partial charge in [-0.2, -0.15) is 10.2 Å². The van der Waals surface area contributed by atoms with E-state index < -0.39 is 0 Å². The second-order valence-corrected chi connectivity index (χ2v) is 6.84. The molecule has 0 aliphatic carbocycles. The van der Waals surface area contributed by atoms with Gasteiger partial charge in [-0.15, -0.1) is 0 Å². The van der Waals surface area contributed by atoms with Crippen LogP contribution in [0.25, 0.3) is 11.0 Å². The number of halogens is 2. The first-order valence-electron chi connectivity index (χ1n) is 8.31. The SMILES string of the molecule is Cc1nn(Cc2ccc(Cl)cc2)c(Cl)c1/C=N/Nc1nc2ccccc2[nH]1. The number of fused-ring (bicyclic) bond motifs is 1. The van der Waals surface area contributed by atoms with Gasteiger partial charge in [0.2, 0.25) is 5.95 Å². The lowest BCUT2D eigenvalue weighted by Crippen LogP contribution is -2.02. The highest BCUT2D eigenvalue weighted by molar-refractivity contribution is 6.32. The number of nitrogens with one attached hydrogen (secondary N) is 2. The molecule has 6 nitrogen and oxygen atoms in total. The minimum Gasteiger partial charge on any atom is -0.323 e. The number of imidazole rings is 1. The summed E-state index contributed by atoms with van der Waals surface area (Å²) in [6.07, 6.45) is 1.65.